The van der Waals surface area contributed by atoms with E-state index in [1.807, 2.05) is 47.9 Å². The van der Waals surface area contributed by atoms with Crippen molar-refractivity contribution in [3.8, 4) is 5.69 Å². The molecule has 1 aromatic heterocycles. The number of ether oxygens (including phenoxy) is 1. The molecule has 0 radical (unpaired) electrons. The van der Waals surface area contributed by atoms with E-state index in [0.29, 0.717) is 22.5 Å². The normalized spacial score (nSPS) is 10.6. The Balaban J connectivity index is 1.42. The van der Waals surface area contributed by atoms with E-state index in [2.05, 4.69) is 15.6 Å². The molecule has 8 nitrogen and oxygen atoms in total. The average molecular weight is 442 g/mol. The summed E-state index contributed by atoms with van der Waals surface area (Å²) in [6.45, 7) is 2.85. The fraction of sp³-hybridized carbons (Fsp3) is 0.120. The molecule has 0 saturated carbocycles. The third-order valence-corrected chi connectivity index (χ3v) is 4.87. The molecule has 0 fully saturated rings. The van der Waals surface area contributed by atoms with E-state index in [0.717, 1.165) is 17.0 Å². The number of benzene rings is 3. The van der Waals surface area contributed by atoms with Crippen LogP contribution >= 0.6 is 0 Å². The Labute approximate surface area is 190 Å². The van der Waals surface area contributed by atoms with Crippen molar-refractivity contribution in [2.24, 2.45) is 0 Å². The molecule has 0 saturated heterocycles. The summed E-state index contributed by atoms with van der Waals surface area (Å²) in [5, 5.41) is 5.28. The van der Waals surface area contributed by atoms with Gasteiger partial charge in [0.1, 0.15) is 5.82 Å². The summed E-state index contributed by atoms with van der Waals surface area (Å²) in [6, 6.07) is 21.6. The minimum atomic E-state index is -0.619. The molecular formula is C25H22N4O4. The van der Waals surface area contributed by atoms with E-state index in [9.17, 15) is 14.4 Å². The molecule has 4 aromatic rings. The number of para-hydroxylation sites is 1. The standard InChI is InChI=1S/C25H22N4O4/c1-16-26-22-13-18(11-12-23(22)29(16)21-9-4-3-5-10-21)25(32)33-15-24(31)28-20-8-6-7-19(14-20)27-17(2)30/h3-14H,15H2,1-2H3,(H,27,30)(H,28,31). The molecule has 4 rings (SSSR count). The van der Waals surface area contributed by atoms with E-state index in [4.69, 9.17) is 4.74 Å². The van der Waals surface area contributed by atoms with Crippen LogP contribution in [0.1, 0.15) is 23.1 Å². The fourth-order valence-electron chi connectivity index (χ4n) is 3.52. The molecule has 0 aliphatic rings. The predicted molar refractivity (Wildman–Crippen MR) is 125 cm³/mol. The van der Waals surface area contributed by atoms with Crippen molar-refractivity contribution in [1.29, 1.82) is 0 Å². The smallest absolute Gasteiger partial charge is 0.338 e. The van der Waals surface area contributed by atoms with Gasteiger partial charge in [-0.2, -0.15) is 0 Å². The summed E-state index contributed by atoms with van der Waals surface area (Å²) in [7, 11) is 0. The summed E-state index contributed by atoms with van der Waals surface area (Å²) in [6.07, 6.45) is 0. The number of aryl methyl sites for hydroxylation is 1. The number of hydrogen-bond donors (Lipinski definition) is 2. The van der Waals surface area contributed by atoms with Gasteiger partial charge in [0, 0.05) is 24.0 Å². The van der Waals surface area contributed by atoms with Crippen LogP contribution < -0.4 is 10.6 Å². The number of anilines is 2. The van der Waals surface area contributed by atoms with Crippen LogP contribution in [0, 0.1) is 6.92 Å². The number of carbonyl (C=O) groups is 3. The van der Waals surface area contributed by atoms with Gasteiger partial charge >= 0.3 is 5.97 Å². The highest BCUT2D eigenvalue weighted by Gasteiger charge is 2.15. The minimum Gasteiger partial charge on any atom is -0.452 e. The zero-order valence-electron chi connectivity index (χ0n) is 18.2. The largest absolute Gasteiger partial charge is 0.452 e. The predicted octanol–water partition coefficient (Wildman–Crippen LogP) is 4.09. The van der Waals surface area contributed by atoms with Gasteiger partial charge in [-0.15, -0.1) is 0 Å². The SMILES string of the molecule is CC(=O)Nc1cccc(NC(=O)COC(=O)c2ccc3c(c2)nc(C)n3-c2ccccc2)c1. The second kappa shape index (κ2) is 9.35. The molecule has 0 unspecified atom stereocenters. The second-order valence-electron chi connectivity index (χ2n) is 7.42. The van der Waals surface area contributed by atoms with Crippen LogP contribution in [0.5, 0.6) is 0 Å². The third kappa shape index (κ3) is 5.07. The molecule has 2 amide bonds. The number of nitrogens with zero attached hydrogens (tertiary/aromatic N) is 2. The van der Waals surface area contributed by atoms with Crippen molar-refractivity contribution < 1.29 is 19.1 Å². The molecule has 0 atom stereocenters. The lowest BCUT2D eigenvalue weighted by molar-refractivity contribution is -0.119. The number of nitrogens with one attached hydrogen (secondary N) is 2. The highest BCUT2D eigenvalue weighted by Crippen LogP contribution is 2.22. The summed E-state index contributed by atoms with van der Waals surface area (Å²) < 4.78 is 7.18. The number of rotatable bonds is 6. The Morgan fingerprint density at radius 1 is 0.909 bits per heavy atom. The van der Waals surface area contributed by atoms with E-state index in [1.165, 1.54) is 6.92 Å². The molecule has 1 heterocycles. The van der Waals surface area contributed by atoms with Gasteiger partial charge in [-0.05, 0) is 55.5 Å². The molecule has 8 heteroatoms. The van der Waals surface area contributed by atoms with Crippen molar-refractivity contribution in [2.45, 2.75) is 13.8 Å². The third-order valence-electron chi connectivity index (χ3n) is 4.87. The van der Waals surface area contributed by atoms with Gasteiger partial charge in [0.15, 0.2) is 6.61 Å². The van der Waals surface area contributed by atoms with Gasteiger partial charge in [-0.3, -0.25) is 14.2 Å². The number of carbonyl (C=O) groups excluding carboxylic acids is 3. The number of fused-ring (bicyclic) bond motifs is 1. The van der Waals surface area contributed by atoms with Gasteiger partial charge in [0.2, 0.25) is 5.91 Å². The van der Waals surface area contributed by atoms with Gasteiger partial charge < -0.3 is 15.4 Å². The van der Waals surface area contributed by atoms with Crippen LogP contribution in [-0.2, 0) is 14.3 Å². The maximum Gasteiger partial charge on any atom is 0.338 e. The zero-order chi connectivity index (χ0) is 23.4. The molecule has 0 spiro atoms. The van der Waals surface area contributed by atoms with Crippen LogP contribution in [-0.4, -0.2) is 33.9 Å². The van der Waals surface area contributed by atoms with Crippen LogP contribution in [0.25, 0.3) is 16.7 Å². The van der Waals surface area contributed by atoms with Gasteiger partial charge in [0.25, 0.3) is 5.91 Å². The Hall–Kier alpha value is -4.46. The number of amides is 2. The van der Waals surface area contributed by atoms with E-state index in [-0.39, 0.29) is 5.91 Å². The zero-order valence-corrected chi connectivity index (χ0v) is 18.2. The first-order chi connectivity index (χ1) is 15.9. The van der Waals surface area contributed by atoms with Crippen LogP contribution in [0.4, 0.5) is 11.4 Å². The molecular weight excluding hydrogens is 420 g/mol. The summed E-state index contributed by atoms with van der Waals surface area (Å²) in [5.74, 6) is -0.532. The Morgan fingerprint density at radius 2 is 1.64 bits per heavy atom. The molecule has 33 heavy (non-hydrogen) atoms. The van der Waals surface area contributed by atoms with Crippen LogP contribution in [0.15, 0.2) is 72.8 Å². The average Bonchev–Trinajstić information content (AvgIpc) is 3.12. The van der Waals surface area contributed by atoms with Crippen molar-refractivity contribution >= 4 is 40.2 Å². The molecule has 0 aliphatic carbocycles. The van der Waals surface area contributed by atoms with E-state index >= 15 is 0 Å². The number of imidazole rings is 1. The van der Waals surface area contributed by atoms with Crippen LogP contribution in [0.2, 0.25) is 0 Å². The Bertz CT molecular complexity index is 1350. The topological polar surface area (TPSA) is 102 Å². The van der Waals surface area contributed by atoms with Crippen LogP contribution in [0.3, 0.4) is 0 Å². The summed E-state index contributed by atoms with van der Waals surface area (Å²) in [4.78, 5) is 40.4. The first kappa shape index (κ1) is 21.8. The number of aromatic nitrogens is 2. The summed E-state index contributed by atoms with van der Waals surface area (Å²) in [5.41, 5.74) is 3.84. The molecule has 166 valence electrons. The maximum atomic E-state index is 12.5. The first-order valence-electron chi connectivity index (χ1n) is 10.3. The van der Waals surface area contributed by atoms with E-state index < -0.39 is 18.5 Å². The highest BCUT2D eigenvalue weighted by atomic mass is 16.5. The lowest BCUT2D eigenvalue weighted by Gasteiger charge is -2.09. The molecule has 0 aliphatic heterocycles. The maximum absolute atomic E-state index is 12.5. The van der Waals surface area contributed by atoms with Crippen molar-refractivity contribution in [2.75, 3.05) is 17.2 Å². The van der Waals surface area contributed by atoms with Crippen molar-refractivity contribution in [3.05, 3.63) is 84.2 Å². The first-order valence-corrected chi connectivity index (χ1v) is 10.3. The quantitative estimate of drug-likeness (QED) is 0.438. The lowest BCUT2D eigenvalue weighted by atomic mass is 10.2. The second-order valence-corrected chi connectivity index (χ2v) is 7.42. The van der Waals surface area contributed by atoms with Crippen molar-refractivity contribution in [3.63, 3.8) is 0 Å². The Morgan fingerprint density at radius 3 is 2.36 bits per heavy atom. The number of hydrogen-bond acceptors (Lipinski definition) is 5. The lowest BCUT2D eigenvalue weighted by Crippen LogP contribution is -2.21. The number of esters is 1. The van der Waals surface area contributed by atoms with Gasteiger partial charge in [-0.1, -0.05) is 24.3 Å². The Kier molecular flexibility index (Phi) is 6.17. The molecule has 3 aromatic carbocycles. The van der Waals surface area contributed by atoms with E-state index in [1.54, 1.807) is 36.4 Å². The van der Waals surface area contributed by atoms with Gasteiger partial charge in [0.05, 0.1) is 16.6 Å². The van der Waals surface area contributed by atoms with Gasteiger partial charge in [-0.25, -0.2) is 9.78 Å². The molecule has 2 N–H and O–H groups in total. The molecule has 0 bridgehead atoms. The minimum absolute atomic E-state index is 0.215. The monoisotopic (exact) mass is 442 g/mol. The fourth-order valence-corrected chi connectivity index (χ4v) is 3.52. The van der Waals surface area contributed by atoms with Crippen molar-refractivity contribution in [1.82, 2.24) is 9.55 Å². The summed E-state index contributed by atoms with van der Waals surface area (Å²) >= 11 is 0. The highest BCUT2D eigenvalue weighted by molar-refractivity contribution is 5.98.